The van der Waals surface area contributed by atoms with Gasteiger partial charge in [0, 0.05) is 25.1 Å². The molecule has 2 aromatic heterocycles. The summed E-state index contributed by atoms with van der Waals surface area (Å²) in [6.45, 7) is 4.80. The first-order valence-corrected chi connectivity index (χ1v) is 13.2. The maximum atomic E-state index is 12.6. The fourth-order valence-corrected chi connectivity index (χ4v) is 7.17. The zero-order valence-electron chi connectivity index (χ0n) is 19.6. The largest absolute Gasteiger partial charge is 0.477 e. The van der Waals surface area contributed by atoms with Gasteiger partial charge in [-0.15, -0.1) is 0 Å². The fraction of sp³-hybridized carbons (Fsp3) is 0.545. The lowest BCUT2D eigenvalue weighted by Gasteiger charge is -2.46. The molecule has 0 aromatic carbocycles. The Balaban J connectivity index is 1.69. The zero-order valence-corrected chi connectivity index (χ0v) is 21.2. The molecule has 1 fully saturated rings. The van der Waals surface area contributed by atoms with E-state index in [1.807, 2.05) is 34.7 Å². The van der Waals surface area contributed by atoms with E-state index < -0.39 is 18.0 Å². The van der Waals surface area contributed by atoms with Crippen LogP contribution >= 0.6 is 23.1 Å². The Hall–Kier alpha value is -2.41. The number of nitrogens with zero attached hydrogens (tertiary/aromatic N) is 4. The van der Waals surface area contributed by atoms with E-state index in [9.17, 15) is 24.6 Å². The molecule has 4 atom stereocenters. The number of hydrogen-bond donors (Lipinski definition) is 3. The molecule has 0 spiro atoms. The van der Waals surface area contributed by atoms with E-state index in [-0.39, 0.29) is 36.0 Å². The molecule has 2 aliphatic heterocycles. The highest BCUT2D eigenvalue weighted by Gasteiger charge is 2.60. The van der Waals surface area contributed by atoms with Gasteiger partial charge < -0.3 is 25.7 Å². The number of aliphatic carboxylic acids is 1. The Morgan fingerprint density at radius 3 is 2.71 bits per heavy atom. The van der Waals surface area contributed by atoms with Gasteiger partial charge in [-0.2, -0.15) is 4.40 Å². The minimum atomic E-state index is -1.15. The highest BCUT2D eigenvalue weighted by molar-refractivity contribution is 7.98. The summed E-state index contributed by atoms with van der Waals surface area (Å²) in [5.74, 6) is -2.33. The second-order valence-corrected chi connectivity index (χ2v) is 10.7. The Labute approximate surface area is 205 Å². The first-order chi connectivity index (χ1) is 16.1. The van der Waals surface area contributed by atoms with Crippen molar-refractivity contribution in [1.29, 1.82) is 0 Å². The van der Waals surface area contributed by atoms with Gasteiger partial charge in [0.1, 0.15) is 11.9 Å². The number of aliphatic hydroxyl groups excluding tert-OH is 1. The molecule has 10 nitrogen and oxygen atoms in total. The van der Waals surface area contributed by atoms with Gasteiger partial charge in [-0.05, 0) is 26.1 Å². The lowest BCUT2D eigenvalue weighted by Crippen LogP contribution is -2.63. The Morgan fingerprint density at radius 2 is 2.12 bits per heavy atom. The Bertz CT molecular complexity index is 1190. The first-order valence-electron chi connectivity index (χ1n) is 11.1. The summed E-state index contributed by atoms with van der Waals surface area (Å²) < 4.78 is 3.80. The van der Waals surface area contributed by atoms with Crippen LogP contribution in [0.3, 0.4) is 0 Å². The molecule has 2 aromatic rings. The summed E-state index contributed by atoms with van der Waals surface area (Å²) in [6.07, 6.45) is 5.54. The Morgan fingerprint density at radius 1 is 1.41 bits per heavy atom. The maximum absolute atomic E-state index is 12.6. The van der Waals surface area contributed by atoms with E-state index >= 15 is 0 Å². The fourth-order valence-electron chi connectivity index (χ4n) is 4.99. The zero-order chi connectivity index (χ0) is 24.9. The van der Waals surface area contributed by atoms with Crippen molar-refractivity contribution in [3.8, 4) is 0 Å². The molecule has 184 valence electrons. The average Bonchev–Trinajstić information content (AvgIpc) is 3.38. The molecule has 2 amide bonds. The molecule has 4 rings (SSSR count). The topological polar surface area (TPSA) is 132 Å². The van der Waals surface area contributed by atoms with Gasteiger partial charge in [0.2, 0.25) is 15.8 Å². The molecule has 12 heteroatoms. The quantitative estimate of drug-likeness (QED) is 0.255. The van der Waals surface area contributed by atoms with E-state index in [0.717, 1.165) is 21.2 Å². The molecule has 34 heavy (non-hydrogen) atoms. The minimum Gasteiger partial charge on any atom is -0.477 e. The molecule has 0 bridgehead atoms. The van der Waals surface area contributed by atoms with Gasteiger partial charge in [0.15, 0.2) is 6.54 Å². The lowest BCUT2D eigenvalue weighted by molar-refractivity contribution is -0.718. The summed E-state index contributed by atoms with van der Waals surface area (Å²) in [7, 11) is 1.76. The van der Waals surface area contributed by atoms with Crippen molar-refractivity contribution in [2.75, 3.05) is 26.4 Å². The highest BCUT2D eigenvalue weighted by atomic mass is 32.2. The van der Waals surface area contributed by atoms with Crippen LogP contribution in [0.2, 0.25) is 0 Å². The Kier molecular flexibility index (Phi) is 6.78. The van der Waals surface area contributed by atoms with E-state index in [1.165, 1.54) is 28.0 Å². The number of likely N-dealkylation sites (N-methyl/N-ethyl adjacent to an activating group) is 1. The number of rotatable bonds is 9. The molecule has 0 saturated carbocycles. The number of nitrogens with two attached hydrogens (primary N) is 1. The summed E-state index contributed by atoms with van der Waals surface area (Å²) in [5.41, 5.74) is 6.15. The molecular formula is C22H30N5O5S2+. The molecule has 0 unspecified atom stereocenters. The number of fused-ring (bicyclic) bond motifs is 2. The van der Waals surface area contributed by atoms with Gasteiger partial charge in [-0.25, -0.2) is 9.36 Å². The number of amides is 2. The van der Waals surface area contributed by atoms with Crippen molar-refractivity contribution >= 4 is 51.3 Å². The number of aliphatic hydroxyl groups is 1. The van der Waals surface area contributed by atoms with Crippen LogP contribution in [0.15, 0.2) is 23.2 Å². The third-order valence-corrected chi connectivity index (χ3v) is 8.75. The molecule has 2 aliphatic rings. The standard InChI is InChI=1S/C22H29N5O5S2/c1-11-15(18(22(31)32)27-17(11)16(12(2)28)19(27)30)13-8-25-10-26(20(33-4)21(25)34-13)9-14(29)24(3)7-5-6-23/h8,10-12,16-17,28H,5-7,9,23H2,1-4H3/p+1/t11-,12+,16+,17+/m0/s1. The van der Waals surface area contributed by atoms with E-state index in [0.29, 0.717) is 18.7 Å². The SMILES string of the molecule is CSc1c2sc(C3=C(C(=O)O)N4C(=O)[C@H]([C@@H](C)O)[C@H]4[C@H]3C)cn2c[n+]1CC(=O)N(C)CCCN. The predicted molar refractivity (Wildman–Crippen MR) is 128 cm³/mol. The van der Waals surface area contributed by atoms with Gasteiger partial charge in [-0.1, -0.05) is 30.0 Å². The number of carbonyl (C=O) groups excluding carboxylic acids is 2. The van der Waals surface area contributed by atoms with Crippen molar-refractivity contribution in [3.63, 3.8) is 0 Å². The van der Waals surface area contributed by atoms with E-state index in [1.54, 1.807) is 18.9 Å². The number of carboxylic acid groups (broad SMARTS) is 1. The summed E-state index contributed by atoms with van der Waals surface area (Å²) in [4.78, 5) is 42.1. The number of imidazole rings is 1. The normalized spacial score (nSPS) is 22.8. The minimum absolute atomic E-state index is 0.000752. The third kappa shape index (κ3) is 3.82. The number of thiazole rings is 1. The smallest absolute Gasteiger partial charge is 0.352 e. The number of aromatic nitrogens is 2. The molecular weight excluding hydrogens is 478 g/mol. The van der Waals surface area contributed by atoms with Gasteiger partial charge >= 0.3 is 5.97 Å². The van der Waals surface area contributed by atoms with Gasteiger partial charge in [0.25, 0.3) is 12.2 Å². The van der Waals surface area contributed by atoms with E-state index in [4.69, 9.17) is 5.73 Å². The number of carboxylic acids is 1. The highest BCUT2D eigenvalue weighted by Crippen LogP contribution is 2.51. The monoisotopic (exact) mass is 508 g/mol. The van der Waals surface area contributed by atoms with Crippen LogP contribution in [-0.4, -0.2) is 80.7 Å². The van der Waals surface area contributed by atoms with E-state index in [2.05, 4.69) is 0 Å². The number of hydrogen-bond acceptors (Lipinski definition) is 7. The second kappa shape index (κ2) is 9.33. The van der Waals surface area contributed by atoms with Crippen molar-refractivity contribution in [2.45, 2.75) is 44.0 Å². The molecule has 0 aliphatic carbocycles. The summed E-state index contributed by atoms with van der Waals surface area (Å²) in [5, 5.41) is 20.9. The second-order valence-electron chi connectivity index (χ2n) is 8.84. The molecule has 4 heterocycles. The number of thioether (sulfide) groups is 1. The van der Waals surface area contributed by atoms with Gasteiger partial charge in [0.05, 0.1) is 22.9 Å². The summed E-state index contributed by atoms with van der Waals surface area (Å²) in [6, 6.07) is -0.360. The average molecular weight is 509 g/mol. The van der Waals surface area contributed by atoms with Crippen molar-refractivity contribution in [3.05, 3.63) is 23.1 Å². The van der Waals surface area contributed by atoms with Crippen molar-refractivity contribution in [2.24, 2.45) is 17.6 Å². The predicted octanol–water partition coefficient (Wildman–Crippen LogP) is 0.471. The van der Waals surface area contributed by atoms with Crippen molar-refractivity contribution in [1.82, 2.24) is 14.2 Å². The van der Waals surface area contributed by atoms with Crippen LogP contribution < -0.4 is 10.3 Å². The maximum Gasteiger partial charge on any atom is 0.352 e. The third-order valence-electron chi connectivity index (χ3n) is 6.67. The van der Waals surface area contributed by atoms with Crippen LogP contribution in [0.4, 0.5) is 0 Å². The molecule has 1 saturated heterocycles. The lowest BCUT2D eigenvalue weighted by atomic mass is 9.77. The molecule has 0 radical (unpaired) electrons. The summed E-state index contributed by atoms with van der Waals surface area (Å²) >= 11 is 2.96. The van der Waals surface area contributed by atoms with Crippen LogP contribution in [-0.2, 0) is 20.9 Å². The number of carbonyl (C=O) groups is 3. The van der Waals surface area contributed by atoms with Crippen LogP contribution in [0.1, 0.15) is 25.1 Å². The van der Waals surface area contributed by atoms with Gasteiger partial charge in [-0.3, -0.25) is 9.59 Å². The van der Waals surface area contributed by atoms with Crippen LogP contribution in [0.5, 0.6) is 0 Å². The number of β-lactam (4-membered cyclic amide) rings is 1. The first kappa shape index (κ1) is 24.7. The molecule has 4 N–H and O–H groups in total. The van der Waals surface area contributed by atoms with Crippen molar-refractivity contribution < 1.29 is 29.2 Å². The van der Waals surface area contributed by atoms with Crippen LogP contribution in [0.25, 0.3) is 10.4 Å². The van der Waals surface area contributed by atoms with Crippen LogP contribution in [0, 0.1) is 11.8 Å².